The first-order chi connectivity index (χ1) is 13.7. The molecule has 0 aromatic heterocycles. The van der Waals surface area contributed by atoms with E-state index in [-0.39, 0.29) is 11.9 Å². The van der Waals surface area contributed by atoms with Crippen molar-refractivity contribution in [1.82, 2.24) is 10.9 Å². The van der Waals surface area contributed by atoms with Crippen LogP contribution in [0.5, 0.6) is 0 Å². The van der Waals surface area contributed by atoms with Gasteiger partial charge in [0.1, 0.15) is 0 Å². The summed E-state index contributed by atoms with van der Waals surface area (Å²) >= 11 is 0. The van der Waals surface area contributed by atoms with E-state index in [2.05, 4.69) is 10.9 Å². The van der Waals surface area contributed by atoms with Crippen LogP contribution < -0.4 is 15.8 Å². The van der Waals surface area contributed by atoms with Crippen LogP contribution in [0.2, 0.25) is 0 Å². The molecule has 1 atom stereocenters. The summed E-state index contributed by atoms with van der Waals surface area (Å²) in [5.74, 6) is -1.00. The lowest BCUT2D eigenvalue weighted by atomic mass is 9.84. The van der Waals surface area contributed by atoms with Crippen molar-refractivity contribution in [2.24, 2.45) is 0 Å². The van der Waals surface area contributed by atoms with Gasteiger partial charge in [-0.2, -0.15) is 0 Å². The van der Waals surface area contributed by atoms with Crippen LogP contribution in [0.4, 0.5) is 0 Å². The number of hydrogen-bond acceptors (Lipinski definition) is 3. The van der Waals surface area contributed by atoms with Gasteiger partial charge in [-0.15, -0.1) is 0 Å². The van der Waals surface area contributed by atoms with E-state index in [1.54, 1.807) is 36.4 Å². The van der Waals surface area contributed by atoms with E-state index in [4.69, 9.17) is 0 Å². The fraction of sp³-hybridized carbons (Fsp3) is 0.391. The highest BCUT2D eigenvalue weighted by Crippen LogP contribution is 2.31. The first kappa shape index (κ1) is 22.6. The summed E-state index contributed by atoms with van der Waals surface area (Å²) in [7, 11) is 0. The minimum absolute atomic E-state index is 0.298. The van der Waals surface area contributed by atoms with Crippen LogP contribution >= 0.6 is 0 Å². The predicted octanol–water partition coefficient (Wildman–Crippen LogP) is 1.000. The number of carbonyl (C=O) groups is 2. The molecule has 4 N–H and O–H groups in total. The van der Waals surface area contributed by atoms with E-state index in [0.29, 0.717) is 11.1 Å². The number of hydrogen-bond donors (Lipinski definition) is 4. The van der Waals surface area contributed by atoms with Crippen molar-refractivity contribution in [2.45, 2.75) is 46.3 Å². The SMILES string of the molecule is CC[NH+](CC)[C@H](C)C(=O)NNC(=O)C(O)(c1cccc(C)c1)c1cccc(C)c1. The van der Waals surface area contributed by atoms with Gasteiger partial charge in [-0.25, -0.2) is 0 Å². The standard InChI is InChI=1S/C23H31N3O3/c1-6-26(7-2)18(5)21(27)24-25-22(28)23(29,19-12-8-10-16(3)14-19)20-13-9-11-17(4)15-20/h8-15,18,29H,6-7H2,1-5H3,(H,24,27)(H,25,28)/p+1/t18-/m1/s1. The lowest BCUT2D eigenvalue weighted by Gasteiger charge is -2.29. The van der Waals surface area contributed by atoms with Gasteiger partial charge in [0.25, 0.3) is 11.8 Å². The molecule has 6 nitrogen and oxygen atoms in total. The molecule has 2 aromatic carbocycles. The Morgan fingerprint density at radius 1 is 0.966 bits per heavy atom. The van der Waals surface area contributed by atoms with Gasteiger partial charge >= 0.3 is 0 Å². The zero-order valence-electron chi connectivity index (χ0n) is 17.9. The van der Waals surface area contributed by atoms with Crippen LogP contribution in [0.25, 0.3) is 0 Å². The van der Waals surface area contributed by atoms with Crippen molar-refractivity contribution in [1.29, 1.82) is 0 Å². The van der Waals surface area contributed by atoms with E-state index >= 15 is 0 Å². The summed E-state index contributed by atoms with van der Waals surface area (Å²) in [5, 5.41) is 11.6. The lowest BCUT2D eigenvalue weighted by molar-refractivity contribution is -0.910. The molecule has 0 fully saturated rings. The Labute approximate surface area is 172 Å². The van der Waals surface area contributed by atoms with Crippen molar-refractivity contribution in [3.05, 3.63) is 70.8 Å². The molecule has 0 saturated carbocycles. The van der Waals surface area contributed by atoms with E-state index in [1.807, 2.05) is 46.8 Å². The molecule has 2 rings (SSSR count). The van der Waals surface area contributed by atoms with Gasteiger partial charge in [-0.1, -0.05) is 59.7 Å². The molecule has 0 aliphatic carbocycles. The molecule has 0 bridgehead atoms. The molecule has 0 saturated heterocycles. The maximum absolute atomic E-state index is 13.1. The molecule has 2 amide bonds. The number of likely N-dealkylation sites (N-methyl/N-ethyl adjacent to an activating group) is 1. The summed E-state index contributed by atoms with van der Waals surface area (Å²) in [5.41, 5.74) is 5.72. The molecule has 0 unspecified atom stereocenters. The zero-order valence-corrected chi connectivity index (χ0v) is 17.9. The second-order valence-electron chi connectivity index (χ2n) is 7.48. The van der Waals surface area contributed by atoms with Gasteiger partial charge in [-0.3, -0.25) is 20.4 Å². The Hall–Kier alpha value is -2.70. The Kier molecular flexibility index (Phi) is 7.53. The van der Waals surface area contributed by atoms with Gasteiger partial charge in [0, 0.05) is 0 Å². The largest absolute Gasteiger partial charge is 0.372 e. The van der Waals surface area contributed by atoms with E-state index in [9.17, 15) is 14.7 Å². The third-order valence-electron chi connectivity index (χ3n) is 5.41. The van der Waals surface area contributed by atoms with Crippen LogP contribution in [0.3, 0.4) is 0 Å². The van der Waals surface area contributed by atoms with Crippen LogP contribution in [0.15, 0.2) is 48.5 Å². The molecular weight excluding hydrogens is 366 g/mol. The summed E-state index contributed by atoms with van der Waals surface area (Å²) < 4.78 is 0. The molecule has 0 spiro atoms. The van der Waals surface area contributed by atoms with Crippen molar-refractivity contribution < 1.29 is 19.6 Å². The number of rotatable bonds is 7. The maximum atomic E-state index is 13.1. The first-order valence-corrected chi connectivity index (χ1v) is 10.1. The molecule has 6 heteroatoms. The van der Waals surface area contributed by atoms with Crippen LogP contribution in [0.1, 0.15) is 43.0 Å². The van der Waals surface area contributed by atoms with Gasteiger partial charge in [0.15, 0.2) is 11.6 Å². The Bertz CT molecular complexity index is 816. The van der Waals surface area contributed by atoms with E-state index in [0.717, 1.165) is 29.1 Å². The van der Waals surface area contributed by atoms with Crippen LogP contribution in [-0.2, 0) is 15.2 Å². The highest BCUT2D eigenvalue weighted by molar-refractivity contribution is 5.92. The van der Waals surface area contributed by atoms with Crippen molar-refractivity contribution in [3.8, 4) is 0 Å². The van der Waals surface area contributed by atoms with Gasteiger partial charge in [0.2, 0.25) is 0 Å². The first-order valence-electron chi connectivity index (χ1n) is 10.1. The molecule has 0 radical (unpaired) electrons. The number of hydrazine groups is 1. The van der Waals surface area contributed by atoms with Gasteiger partial charge < -0.3 is 10.0 Å². The Morgan fingerprint density at radius 2 is 1.45 bits per heavy atom. The van der Waals surface area contributed by atoms with Crippen molar-refractivity contribution in [3.63, 3.8) is 0 Å². The highest BCUT2D eigenvalue weighted by atomic mass is 16.3. The normalized spacial score (nSPS) is 12.5. The average molecular weight is 399 g/mol. The Balaban J connectivity index is 2.32. The monoisotopic (exact) mass is 398 g/mol. The third kappa shape index (κ3) is 5.02. The smallest absolute Gasteiger partial charge is 0.296 e. The maximum Gasteiger partial charge on any atom is 0.296 e. The predicted molar refractivity (Wildman–Crippen MR) is 113 cm³/mol. The molecular formula is C23H32N3O3+. The summed E-state index contributed by atoms with van der Waals surface area (Å²) in [6.45, 7) is 11.2. The van der Waals surface area contributed by atoms with Crippen LogP contribution in [-0.4, -0.2) is 36.1 Å². The lowest BCUT2D eigenvalue weighted by Crippen LogP contribution is -3.16. The summed E-state index contributed by atoms with van der Waals surface area (Å²) in [6, 6.07) is 14.0. The number of carbonyl (C=O) groups excluding carboxylic acids is 2. The molecule has 2 aromatic rings. The minimum atomic E-state index is -1.93. The van der Waals surface area contributed by atoms with Crippen LogP contribution in [0, 0.1) is 13.8 Å². The number of amides is 2. The fourth-order valence-electron chi connectivity index (χ4n) is 3.53. The highest BCUT2D eigenvalue weighted by Gasteiger charge is 2.40. The zero-order chi connectivity index (χ0) is 21.6. The molecule has 0 heterocycles. The number of nitrogens with one attached hydrogen (secondary N) is 3. The number of aryl methyl sites for hydroxylation is 2. The van der Waals surface area contributed by atoms with Gasteiger partial charge in [-0.05, 0) is 45.7 Å². The van der Waals surface area contributed by atoms with Crippen molar-refractivity contribution in [2.75, 3.05) is 13.1 Å². The van der Waals surface area contributed by atoms with E-state index in [1.165, 1.54) is 0 Å². The number of benzene rings is 2. The second kappa shape index (κ2) is 9.67. The number of quaternary nitrogens is 1. The van der Waals surface area contributed by atoms with E-state index < -0.39 is 11.5 Å². The molecule has 0 aliphatic heterocycles. The average Bonchev–Trinajstić information content (AvgIpc) is 2.71. The van der Waals surface area contributed by atoms with Gasteiger partial charge in [0.05, 0.1) is 13.1 Å². The molecule has 29 heavy (non-hydrogen) atoms. The second-order valence-corrected chi connectivity index (χ2v) is 7.48. The summed E-state index contributed by atoms with van der Waals surface area (Å²) in [4.78, 5) is 26.7. The third-order valence-corrected chi connectivity index (χ3v) is 5.41. The summed E-state index contributed by atoms with van der Waals surface area (Å²) in [6.07, 6.45) is 0. The number of aliphatic hydroxyl groups is 1. The quantitative estimate of drug-likeness (QED) is 0.525. The Morgan fingerprint density at radius 3 is 1.86 bits per heavy atom. The molecule has 0 aliphatic rings. The minimum Gasteiger partial charge on any atom is -0.372 e. The topological polar surface area (TPSA) is 82.9 Å². The fourth-order valence-corrected chi connectivity index (χ4v) is 3.53. The molecule has 156 valence electrons. The van der Waals surface area contributed by atoms with Crippen molar-refractivity contribution >= 4 is 11.8 Å².